The fourth-order valence-electron chi connectivity index (χ4n) is 1.81. The maximum atomic E-state index is 11.7. The van der Waals surface area contributed by atoms with Crippen LogP contribution in [0.4, 0.5) is 0 Å². The van der Waals surface area contributed by atoms with E-state index < -0.39 is 12.0 Å². The molecule has 8 heteroatoms. The molecule has 0 saturated heterocycles. The van der Waals surface area contributed by atoms with Gasteiger partial charge in [-0.15, -0.1) is 12.4 Å². The zero-order chi connectivity index (χ0) is 16.0. The van der Waals surface area contributed by atoms with Crippen LogP contribution in [0.5, 0.6) is 11.5 Å². The highest BCUT2D eigenvalue weighted by Gasteiger charge is 2.22. The summed E-state index contributed by atoms with van der Waals surface area (Å²) in [6.07, 6.45) is 0.222. The highest BCUT2D eigenvalue weighted by atomic mass is 35.5. The summed E-state index contributed by atoms with van der Waals surface area (Å²) in [4.78, 5) is 23.4. The van der Waals surface area contributed by atoms with Gasteiger partial charge in [-0.2, -0.15) is 0 Å². The van der Waals surface area contributed by atoms with E-state index in [0.29, 0.717) is 5.56 Å². The summed E-state index contributed by atoms with van der Waals surface area (Å²) in [5.74, 6) is -1.50. The van der Waals surface area contributed by atoms with Crippen LogP contribution in [0.15, 0.2) is 18.2 Å². The average Bonchev–Trinajstić information content (AvgIpc) is 2.40. The van der Waals surface area contributed by atoms with Crippen LogP contribution in [-0.4, -0.2) is 41.3 Å². The monoisotopic (exact) mass is 332 g/mol. The number of carbonyl (C=O) groups is 2. The zero-order valence-corrected chi connectivity index (χ0v) is 13.2. The zero-order valence-electron chi connectivity index (χ0n) is 12.4. The minimum atomic E-state index is -0.884. The number of carbonyl (C=O) groups excluding carboxylic acids is 2. The summed E-state index contributed by atoms with van der Waals surface area (Å²) in [6.45, 7) is 1.69. The Morgan fingerprint density at radius 2 is 1.95 bits per heavy atom. The first-order valence-electron chi connectivity index (χ1n) is 6.47. The van der Waals surface area contributed by atoms with Crippen molar-refractivity contribution in [3.63, 3.8) is 0 Å². The number of esters is 1. The van der Waals surface area contributed by atoms with E-state index in [1.165, 1.54) is 19.2 Å². The van der Waals surface area contributed by atoms with Crippen molar-refractivity contribution in [3.8, 4) is 11.5 Å². The fraction of sp³-hybridized carbons (Fsp3) is 0.429. The lowest BCUT2D eigenvalue weighted by atomic mass is 10.0. The van der Waals surface area contributed by atoms with Gasteiger partial charge in [0.2, 0.25) is 5.91 Å². The molecular formula is C14H21ClN2O5. The van der Waals surface area contributed by atoms with Crippen molar-refractivity contribution in [3.05, 3.63) is 23.8 Å². The molecule has 1 rings (SSSR count). The molecule has 0 aromatic heterocycles. The molecule has 0 heterocycles. The Kier molecular flexibility index (Phi) is 8.29. The fourth-order valence-corrected chi connectivity index (χ4v) is 1.81. The molecule has 0 aliphatic rings. The predicted molar refractivity (Wildman–Crippen MR) is 82.9 cm³/mol. The predicted octanol–water partition coefficient (Wildman–Crippen LogP) is 0.457. The van der Waals surface area contributed by atoms with Crippen molar-refractivity contribution in [1.29, 1.82) is 0 Å². The number of phenols is 2. The van der Waals surface area contributed by atoms with Crippen LogP contribution in [0.2, 0.25) is 0 Å². The van der Waals surface area contributed by atoms with Gasteiger partial charge in [0, 0.05) is 18.9 Å². The van der Waals surface area contributed by atoms with E-state index in [2.05, 4.69) is 10.1 Å². The summed E-state index contributed by atoms with van der Waals surface area (Å²) in [5, 5.41) is 21.2. The van der Waals surface area contributed by atoms with Crippen LogP contribution in [0, 0.1) is 0 Å². The molecule has 0 saturated carbocycles. The van der Waals surface area contributed by atoms with E-state index in [-0.39, 0.29) is 48.7 Å². The van der Waals surface area contributed by atoms with Crippen molar-refractivity contribution in [1.82, 2.24) is 5.32 Å². The number of nitrogens with two attached hydrogens (primary N) is 1. The van der Waals surface area contributed by atoms with Gasteiger partial charge in [-0.25, -0.2) is 4.79 Å². The van der Waals surface area contributed by atoms with Crippen LogP contribution in [0.25, 0.3) is 0 Å². The number of hydrogen-bond acceptors (Lipinski definition) is 6. The lowest BCUT2D eigenvalue weighted by Gasteiger charge is -2.17. The number of benzene rings is 1. The maximum Gasteiger partial charge on any atom is 0.328 e. The number of halogens is 1. The van der Waals surface area contributed by atoms with Crippen molar-refractivity contribution in [2.75, 3.05) is 7.11 Å². The van der Waals surface area contributed by atoms with Crippen molar-refractivity contribution < 1.29 is 24.5 Å². The topological polar surface area (TPSA) is 122 Å². The minimum absolute atomic E-state index is 0. The molecule has 0 radical (unpaired) electrons. The molecule has 1 aromatic carbocycles. The molecule has 0 bridgehead atoms. The summed E-state index contributed by atoms with van der Waals surface area (Å²) >= 11 is 0. The third-order valence-corrected chi connectivity index (χ3v) is 2.81. The second kappa shape index (κ2) is 9.11. The van der Waals surface area contributed by atoms with Gasteiger partial charge >= 0.3 is 5.97 Å². The number of ether oxygens (including phenoxy) is 1. The molecule has 0 fully saturated rings. The average molecular weight is 333 g/mol. The Morgan fingerprint density at radius 1 is 1.32 bits per heavy atom. The summed E-state index contributed by atoms with van der Waals surface area (Å²) in [6, 6.07) is 2.97. The van der Waals surface area contributed by atoms with Gasteiger partial charge in [0.05, 0.1) is 7.11 Å². The largest absolute Gasteiger partial charge is 0.504 e. The third-order valence-electron chi connectivity index (χ3n) is 2.81. The first kappa shape index (κ1) is 20.0. The number of methoxy groups -OCH3 is 1. The summed E-state index contributed by atoms with van der Waals surface area (Å²) in [7, 11) is 1.22. The molecule has 2 atom stereocenters. The number of rotatable bonds is 6. The van der Waals surface area contributed by atoms with Crippen LogP contribution in [-0.2, 0) is 20.7 Å². The van der Waals surface area contributed by atoms with Gasteiger partial charge in [-0.3, -0.25) is 4.79 Å². The third kappa shape index (κ3) is 6.19. The van der Waals surface area contributed by atoms with E-state index in [1.807, 2.05) is 0 Å². The van der Waals surface area contributed by atoms with E-state index in [1.54, 1.807) is 13.0 Å². The quantitative estimate of drug-likeness (QED) is 0.443. The first-order chi connectivity index (χ1) is 9.83. The smallest absolute Gasteiger partial charge is 0.328 e. The highest BCUT2D eigenvalue weighted by molar-refractivity contribution is 5.85. The molecule has 124 valence electrons. The Labute approximate surface area is 134 Å². The Bertz CT molecular complexity index is 522. The van der Waals surface area contributed by atoms with E-state index >= 15 is 0 Å². The van der Waals surface area contributed by atoms with Crippen molar-refractivity contribution in [2.24, 2.45) is 5.73 Å². The Balaban J connectivity index is 0.00000441. The molecule has 5 N–H and O–H groups in total. The molecular weight excluding hydrogens is 312 g/mol. The van der Waals surface area contributed by atoms with Gasteiger partial charge in [0.25, 0.3) is 0 Å². The molecule has 0 aliphatic heterocycles. The number of aromatic hydroxyl groups is 2. The molecule has 1 amide bonds. The normalized spacial score (nSPS) is 12.7. The van der Waals surface area contributed by atoms with Gasteiger partial charge < -0.3 is 26.0 Å². The summed E-state index contributed by atoms with van der Waals surface area (Å²) in [5.41, 5.74) is 6.10. The SMILES string of the molecule is COC(=O)[C@H](Cc1ccc(O)c(O)c1)NC(=O)CC(C)N.Cl. The molecule has 1 aromatic rings. The van der Waals surface area contributed by atoms with E-state index in [4.69, 9.17) is 5.73 Å². The van der Waals surface area contributed by atoms with Crippen molar-refractivity contribution in [2.45, 2.75) is 31.8 Å². The molecule has 1 unspecified atom stereocenters. The van der Waals surface area contributed by atoms with Crippen LogP contribution < -0.4 is 11.1 Å². The molecule has 7 nitrogen and oxygen atoms in total. The lowest BCUT2D eigenvalue weighted by molar-refractivity contribution is -0.145. The Hall–Kier alpha value is -1.99. The van der Waals surface area contributed by atoms with E-state index in [0.717, 1.165) is 0 Å². The van der Waals surface area contributed by atoms with Gasteiger partial charge in [-0.05, 0) is 24.6 Å². The molecule has 22 heavy (non-hydrogen) atoms. The lowest BCUT2D eigenvalue weighted by Crippen LogP contribution is -2.44. The molecule has 0 spiro atoms. The van der Waals surface area contributed by atoms with Gasteiger partial charge in [-0.1, -0.05) is 6.07 Å². The number of nitrogens with one attached hydrogen (secondary N) is 1. The van der Waals surface area contributed by atoms with Crippen molar-refractivity contribution >= 4 is 24.3 Å². The number of hydrogen-bond donors (Lipinski definition) is 4. The minimum Gasteiger partial charge on any atom is -0.504 e. The number of phenolic OH excluding ortho intramolecular Hbond substituents is 2. The number of amides is 1. The second-order valence-electron chi connectivity index (χ2n) is 4.85. The standard InChI is InChI=1S/C14H20N2O5.ClH/c1-8(15)5-13(19)16-10(14(20)21-2)6-9-3-4-11(17)12(18)7-9;/h3-4,7-8,10,17-18H,5-6,15H2,1-2H3,(H,16,19);1H/t8?,10-;/m0./s1. The second-order valence-corrected chi connectivity index (χ2v) is 4.85. The molecule has 0 aliphatic carbocycles. The van der Waals surface area contributed by atoms with Crippen LogP contribution in [0.1, 0.15) is 18.9 Å². The highest BCUT2D eigenvalue weighted by Crippen LogP contribution is 2.25. The van der Waals surface area contributed by atoms with Gasteiger partial charge in [0.1, 0.15) is 6.04 Å². The van der Waals surface area contributed by atoms with Crippen LogP contribution >= 0.6 is 12.4 Å². The van der Waals surface area contributed by atoms with E-state index in [9.17, 15) is 19.8 Å². The Morgan fingerprint density at radius 3 is 2.45 bits per heavy atom. The maximum absolute atomic E-state index is 11.7. The van der Waals surface area contributed by atoms with Crippen LogP contribution in [0.3, 0.4) is 0 Å². The first-order valence-corrected chi connectivity index (χ1v) is 6.47. The van der Waals surface area contributed by atoms with Gasteiger partial charge in [0.15, 0.2) is 11.5 Å². The summed E-state index contributed by atoms with van der Waals surface area (Å²) < 4.78 is 4.65.